The summed E-state index contributed by atoms with van der Waals surface area (Å²) in [5, 5.41) is 9.67. The van der Waals surface area contributed by atoms with Gasteiger partial charge in [0.25, 0.3) is 5.91 Å². The number of rotatable bonds is 7. The van der Waals surface area contributed by atoms with Gasteiger partial charge >= 0.3 is 0 Å². The van der Waals surface area contributed by atoms with Crippen LogP contribution in [-0.2, 0) is 17.9 Å². The van der Waals surface area contributed by atoms with Crippen LogP contribution in [0, 0.1) is 0 Å². The van der Waals surface area contributed by atoms with Crippen molar-refractivity contribution in [3.8, 4) is 22.1 Å². The summed E-state index contributed by atoms with van der Waals surface area (Å²) in [6.45, 7) is 2.29. The zero-order valence-electron chi connectivity index (χ0n) is 20.2. The average Bonchev–Trinajstić information content (AvgIpc) is 3.58. The Labute approximate surface area is 213 Å². The van der Waals surface area contributed by atoms with E-state index in [2.05, 4.69) is 10.4 Å². The maximum Gasteiger partial charge on any atom is 0.277 e. The quantitative estimate of drug-likeness (QED) is 0.406. The maximum atomic E-state index is 13.9. The molecule has 1 aliphatic heterocycles. The first-order valence-electron chi connectivity index (χ1n) is 11.4. The molecule has 0 spiro atoms. The number of aromatic nitrogens is 2. The van der Waals surface area contributed by atoms with Crippen molar-refractivity contribution in [1.82, 2.24) is 15.1 Å². The Kier molecular flexibility index (Phi) is 6.24. The van der Waals surface area contributed by atoms with Crippen molar-refractivity contribution in [2.45, 2.75) is 25.6 Å². The molecule has 1 aliphatic rings. The minimum absolute atomic E-state index is 0.208. The van der Waals surface area contributed by atoms with Crippen LogP contribution in [0.1, 0.15) is 23.0 Å². The number of nitrogens with one attached hydrogen (secondary N) is 1. The number of benzene rings is 2. The van der Waals surface area contributed by atoms with Crippen LogP contribution in [-0.4, -0.2) is 41.4 Å². The maximum absolute atomic E-state index is 13.9. The van der Waals surface area contributed by atoms with E-state index in [1.807, 2.05) is 41.8 Å². The number of amides is 2. The average molecular weight is 503 g/mol. The molecule has 0 saturated carbocycles. The second kappa shape index (κ2) is 9.50. The topological polar surface area (TPSA) is 85.7 Å². The van der Waals surface area contributed by atoms with Gasteiger partial charge in [-0.3, -0.25) is 19.2 Å². The van der Waals surface area contributed by atoms with Gasteiger partial charge in [-0.2, -0.15) is 5.10 Å². The molecule has 0 saturated heterocycles. The molecular weight excluding hydrogens is 476 g/mol. The number of carbonyl (C=O) groups excluding carboxylic acids is 2. The van der Waals surface area contributed by atoms with Crippen LogP contribution in [0.3, 0.4) is 0 Å². The lowest BCUT2D eigenvalue weighted by atomic mass is 9.93. The zero-order chi connectivity index (χ0) is 25.3. The number of ether oxygens (including phenoxy) is 2. The third-order valence-electron chi connectivity index (χ3n) is 6.36. The fraction of sp³-hybridized carbons (Fsp3) is 0.222. The first kappa shape index (κ1) is 23.6. The lowest BCUT2D eigenvalue weighted by Gasteiger charge is -2.43. The number of anilines is 1. The molecule has 1 N–H and O–H groups in total. The molecule has 0 radical (unpaired) electrons. The second-order valence-corrected chi connectivity index (χ2v) is 9.64. The molecule has 0 bridgehead atoms. The summed E-state index contributed by atoms with van der Waals surface area (Å²) in [5.74, 6) is 0.845. The van der Waals surface area contributed by atoms with E-state index in [1.54, 1.807) is 72.4 Å². The summed E-state index contributed by atoms with van der Waals surface area (Å²) >= 11 is 1.55. The molecular formula is C27H26N4O4S. The number of hydrogen-bond acceptors (Lipinski definition) is 6. The minimum Gasteiger partial charge on any atom is -0.497 e. The molecule has 2 aromatic heterocycles. The van der Waals surface area contributed by atoms with Gasteiger partial charge in [0.15, 0.2) is 0 Å². The summed E-state index contributed by atoms with van der Waals surface area (Å²) < 4.78 is 12.1. The van der Waals surface area contributed by atoms with E-state index in [4.69, 9.17) is 9.47 Å². The molecule has 2 amide bonds. The van der Waals surface area contributed by atoms with E-state index in [0.29, 0.717) is 29.4 Å². The summed E-state index contributed by atoms with van der Waals surface area (Å²) in [5.41, 5.74) is 1.46. The minimum atomic E-state index is -1.22. The highest BCUT2D eigenvalue weighted by Crippen LogP contribution is 2.35. The standard InChI is InChI=1S/C27H26N4O4S/c1-27(26(33)28-16-18-6-10-20(34-2)11-7-18)17-30-23(15-22(29-30)24-5-4-14-36-24)25(32)31(27)19-8-12-21(35-3)13-9-19/h4-15H,16-17H2,1-3H3,(H,28,33)/t27-/m1/s1. The van der Waals surface area contributed by atoms with Gasteiger partial charge in [-0.15, -0.1) is 11.3 Å². The lowest BCUT2D eigenvalue weighted by Crippen LogP contribution is -2.64. The Bertz CT molecular complexity index is 1380. The normalized spacial score (nSPS) is 17.0. The van der Waals surface area contributed by atoms with Crippen molar-refractivity contribution >= 4 is 28.8 Å². The van der Waals surface area contributed by atoms with Crippen molar-refractivity contribution in [2.24, 2.45) is 0 Å². The number of methoxy groups -OCH3 is 2. The van der Waals surface area contributed by atoms with Crippen molar-refractivity contribution in [1.29, 1.82) is 0 Å². The van der Waals surface area contributed by atoms with Gasteiger partial charge in [0.2, 0.25) is 5.91 Å². The third kappa shape index (κ3) is 4.22. The first-order valence-corrected chi connectivity index (χ1v) is 12.3. The Balaban J connectivity index is 1.50. The molecule has 2 aromatic carbocycles. The van der Waals surface area contributed by atoms with E-state index < -0.39 is 5.54 Å². The van der Waals surface area contributed by atoms with Crippen LogP contribution in [0.5, 0.6) is 11.5 Å². The van der Waals surface area contributed by atoms with Crippen LogP contribution >= 0.6 is 11.3 Å². The molecule has 0 unspecified atom stereocenters. The molecule has 0 fully saturated rings. The largest absolute Gasteiger partial charge is 0.497 e. The monoisotopic (exact) mass is 502 g/mol. The van der Waals surface area contributed by atoms with Gasteiger partial charge in [0.05, 0.1) is 25.6 Å². The van der Waals surface area contributed by atoms with Crippen molar-refractivity contribution in [3.63, 3.8) is 0 Å². The van der Waals surface area contributed by atoms with Gasteiger partial charge in [-0.1, -0.05) is 18.2 Å². The summed E-state index contributed by atoms with van der Waals surface area (Å²) in [7, 11) is 3.20. The molecule has 4 aromatic rings. The smallest absolute Gasteiger partial charge is 0.277 e. The first-order chi connectivity index (χ1) is 17.4. The molecule has 9 heteroatoms. The number of hydrogen-bond donors (Lipinski definition) is 1. The van der Waals surface area contributed by atoms with Crippen molar-refractivity contribution < 1.29 is 19.1 Å². The number of thiophene rings is 1. The van der Waals surface area contributed by atoms with Gasteiger partial charge in [-0.05, 0) is 66.4 Å². The van der Waals surface area contributed by atoms with Gasteiger partial charge in [-0.25, -0.2) is 0 Å². The SMILES string of the molecule is COc1ccc(CNC(=O)[C@@]2(C)Cn3nc(-c4cccs4)cc3C(=O)N2c2ccc(OC)cc2)cc1. The zero-order valence-corrected chi connectivity index (χ0v) is 21.0. The van der Waals surface area contributed by atoms with Crippen molar-refractivity contribution in [3.05, 3.63) is 83.4 Å². The van der Waals surface area contributed by atoms with Crippen molar-refractivity contribution in [2.75, 3.05) is 19.1 Å². The summed E-state index contributed by atoms with van der Waals surface area (Å²) in [6.07, 6.45) is 0. The van der Waals surface area contributed by atoms with E-state index in [0.717, 1.165) is 16.2 Å². The Morgan fingerprint density at radius 1 is 1.06 bits per heavy atom. The van der Waals surface area contributed by atoms with E-state index in [-0.39, 0.29) is 18.4 Å². The van der Waals surface area contributed by atoms with Crippen LogP contribution < -0.4 is 19.7 Å². The number of nitrogens with zero attached hydrogens (tertiary/aromatic N) is 3. The summed E-state index contributed by atoms with van der Waals surface area (Å²) in [4.78, 5) is 30.1. The van der Waals surface area contributed by atoms with Crippen LogP contribution in [0.15, 0.2) is 72.1 Å². The fourth-order valence-corrected chi connectivity index (χ4v) is 5.06. The Hall–Kier alpha value is -4.11. The number of carbonyl (C=O) groups is 2. The predicted octanol–water partition coefficient (Wildman–Crippen LogP) is 4.36. The third-order valence-corrected chi connectivity index (χ3v) is 7.25. The second-order valence-electron chi connectivity index (χ2n) is 8.69. The van der Waals surface area contributed by atoms with Gasteiger partial charge in [0, 0.05) is 12.2 Å². The molecule has 184 valence electrons. The highest BCUT2D eigenvalue weighted by Gasteiger charge is 2.48. The highest BCUT2D eigenvalue weighted by atomic mass is 32.1. The van der Waals surface area contributed by atoms with Gasteiger partial charge in [0.1, 0.15) is 28.4 Å². The van der Waals surface area contributed by atoms with E-state index in [9.17, 15) is 9.59 Å². The molecule has 8 nitrogen and oxygen atoms in total. The van der Waals surface area contributed by atoms with Crippen LogP contribution in [0.2, 0.25) is 0 Å². The van der Waals surface area contributed by atoms with Crippen LogP contribution in [0.4, 0.5) is 5.69 Å². The van der Waals surface area contributed by atoms with E-state index >= 15 is 0 Å². The number of fused-ring (bicyclic) bond motifs is 1. The molecule has 1 atom stereocenters. The highest BCUT2D eigenvalue weighted by molar-refractivity contribution is 7.13. The predicted molar refractivity (Wildman–Crippen MR) is 139 cm³/mol. The Morgan fingerprint density at radius 3 is 2.33 bits per heavy atom. The lowest BCUT2D eigenvalue weighted by molar-refractivity contribution is -0.126. The molecule has 3 heterocycles. The fourth-order valence-electron chi connectivity index (χ4n) is 4.38. The van der Waals surface area contributed by atoms with Crippen LogP contribution in [0.25, 0.3) is 10.6 Å². The van der Waals surface area contributed by atoms with Gasteiger partial charge < -0.3 is 14.8 Å². The molecule has 5 rings (SSSR count). The molecule has 36 heavy (non-hydrogen) atoms. The summed E-state index contributed by atoms with van der Waals surface area (Å²) in [6, 6.07) is 20.3. The molecule has 0 aliphatic carbocycles. The van der Waals surface area contributed by atoms with E-state index in [1.165, 1.54) is 0 Å². The Morgan fingerprint density at radius 2 is 1.72 bits per heavy atom.